The molecule has 7 nitrogen and oxygen atoms in total. The molecule has 3 aromatic carbocycles. The molecule has 0 atom stereocenters. The highest BCUT2D eigenvalue weighted by Gasteiger charge is 2.19. The number of hydrogen-bond acceptors (Lipinski definition) is 6. The molecule has 33 heavy (non-hydrogen) atoms. The lowest BCUT2D eigenvalue weighted by atomic mass is 10.1. The summed E-state index contributed by atoms with van der Waals surface area (Å²) in [7, 11) is 1.55. The minimum absolute atomic E-state index is 0.105. The summed E-state index contributed by atoms with van der Waals surface area (Å²) in [6.07, 6.45) is 0. The lowest BCUT2D eigenvalue weighted by Crippen LogP contribution is -2.34. The second-order valence-electron chi connectivity index (χ2n) is 7.36. The first-order chi connectivity index (χ1) is 16.0. The number of hydrogen-bond donors (Lipinski definition) is 2. The van der Waals surface area contributed by atoms with Gasteiger partial charge in [0, 0.05) is 16.5 Å². The maximum Gasteiger partial charge on any atom is 0.293 e. The van der Waals surface area contributed by atoms with Crippen molar-refractivity contribution < 1.29 is 18.4 Å². The minimum atomic E-state index is -0.435. The van der Waals surface area contributed by atoms with E-state index in [9.17, 15) is 4.79 Å². The molecular formula is C25H19N3O4S. The summed E-state index contributed by atoms with van der Waals surface area (Å²) >= 11 is 5.38. The second-order valence-corrected chi connectivity index (χ2v) is 7.77. The number of benzene rings is 3. The number of ether oxygens (including phenoxy) is 1. The lowest BCUT2D eigenvalue weighted by molar-refractivity contribution is 0.0952. The summed E-state index contributed by atoms with van der Waals surface area (Å²) in [5.74, 6) is 0.795. The Bertz CT molecular complexity index is 1490. The van der Waals surface area contributed by atoms with Gasteiger partial charge in [-0.15, -0.1) is 0 Å². The van der Waals surface area contributed by atoms with Gasteiger partial charge in [0.2, 0.25) is 5.89 Å². The number of aryl methyl sites for hydroxylation is 1. The Morgan fingerprint density at radius 3 is 2.52 bits per heavy atom. The van der Waals surface area contributed by atoms with Crippen molar-refractivity contribution in [2.24, 2.45) is 0 Å². The number of oxazole rings is 1. The van der Waals surface area contributed by atoms with Gasteiger partial charge in [-0.3, -0.25) is 10.1 Å². The van der Waals surface area contributed by atoms with Gasteiger partial charge in [0.1, 0.15) is 16.8 Å². The molecule has 0 spiro atoms. The highest BCUT2D eigenvalue weighted by molar-refractivity contribution is 7.80. The Hall–Kier alpha value is -4.17. The number of aromatic nitrogens is 1. The predicted octanol–water partition coefficient (Wildman–Crippen LogP) is 5.68. The number of nitrogens with zero attached hydrogens (tertiary/aromatic N) is 1. The molecule has 0 bridgehead atoms. The van der Waals surface area contributed by atoms with Crippen LogP contribution in [0.5, 0.6) is 5.75 Å². The Labute approximate surface area is 194 Å². The van der Waals surface area contributed by atoms with Gasteiger partial charge in [-0.05, 0) is 55.5 Å². The fourth-order valence-corrected chi connectivity index (χ4v) is 3.84. The Kier molecular flexibility index (Phi) is 5.27. The molecule has 0 aliphatic carbocycles. The fourth-order valence-electron chi connectivity index (χ4n) is 3.64. The minimum Gasteiger partial charge on any atom is -0.495 e. The van der Waals surface area contributed by atoms with Crippen LogP contribution in [-0.4, -0.2) is 23.1 Å². The molecule has 0 aliphatic rings. The number of rotatable bonds is 4. The standard InChI is InChI=1S/C25H19N3O4S/c1-14-16-7-3-5-9-19(16)31-22(14)23(29)28-25(33)27-18-13-15(11-12-20(18)30-2)24-26-17-8-4-6-10-21(17)32-24/h3-13H,1-2H3,(H2,27,28,29,33). The van der Waals surface area contributed by atoms with Crippen LogP contribution in [0.4, 0.5) is 5.69 Å². The molecule has 0 fully saturated rings. The van der Waals surface area contributed by atoms with E-state index < -0.39 is 5.91 Å². The zero-order chi connectivity index (χ0) is 22.9. The molecule has 2 N–H and O–H groups in total. The summed E-state index contributed by atoms with van der Waals surface area (Å²) in [5, 5.41) is 6.68. The van der Waals surface area contributed by atoms with Crippen LogP contribution in [0.15, 0.2) is 75.6 Å². The van der Waals surface area contributed by atoms with Crippen molar-refractivity contribution in [1.82, 2.24) is 10.3 Å². The van der Waals surface area contributed by atoms with E-state index in [-0.39, 0.29) is 10.9 Å². The number of furan rings is 1. The first-order valence-electron chi connectivity index (χ1n) is 10.2. The molecule has 8 heteroatoms. The summed E-state index contributed by atoms with van der Waals surface area (Å²) in [4.78, 5) is 17.3. The van der Waals surface area contributed by atoms with Crippen LogP contribution < -0.4 is 15.4 Å². The number of anilines is 1. The lowest BCUT2D eigenvalue weighted by Gasteiger charge is -2.13. The number of thiocarbonyl (C=S) groups is 1. The Balaban J connectivity index is 1.38. The predicted molar refractivity (Wildman–Crippen MR) is 131 cm³/mol. The van der Waals surface area contributed by atoms with E-state index in [0.717, 1.165) is 22.0 Å². The van der Waals surface area contributed by atoms with Crippen molar-refractivity contribution in [2.75, 3.05) is 12.4 Å². The average Bonchev–Trinajstić information content (AvgIpc) is 3.40. The normalized spacial score (nSPS) is 11.0. The number of carbonyl (C=O) groups is 1. The number of amides is 1. The van der Waals surface area contributed by atoms with Crippen LogP contribution in [0.1, 0.15) is 16.1 Å². The molecule has 164 valence electrons. The third-order valence-electron chi connectivity index (χ3n) is 5.27. The first-order valence-corrected chi connectivity index (χ1v) is 10.6. The second kappa shape index (κ2) is 8.40. The number of para-hydroxylation sites is 3. The third kappa shape index (κ3) is 3.92. The van der Waals surface area contributed by atoms with Gasteiger partial charge in [0.15, 0.2) is 16.5 Å². The van der Waals surface area contributed by atoms with Crippen molar-refractivity contribution in [1.29, 1.82) is 0 Å². The SMILES string of the molecule is COc1ccc(-c2nc3ccccc3o2)cc1NC(=S)NC(=O)c1oc2ccccc2c1C. The van der Waals surface area contributed by atoms with Gasteiger partial charge < -0.3 is 18.9 Å². The van der Waals surface area contributed by atoms with Crippen molar-refractivity contribution >= 4 is 51.0 Å². The Morgan fingerprint density at radius 1 is 1.00 bits per heavy atom. The largest absolute Gasteiger partial charge is 0.495 e. The molecule has 0 unspecified atom stereocenters. The molecule has 1 amide bonds. The summed E-state index contributed by atoms with van der Waals surface area (Å²) in [5.41, 5.74) is 4.15. The van der Waals surface area contributed by atoms with Crippen LogP contribution in [0.2, 0.25) is 0 Å². The van der Waals surface area contributed by atoms with E-state index in [1.165, 1.54) is 0 Å². The average molecular weight is 458 g/mol. The van der Waals surface area contributed by atoms with Crippen LogP contribution in [-0.2, 0) is 0 Å². The van der Waals surface area contributed by atoms with Gasteiger partial charge in [0.25, 0.3) is 5.91 Å². The summed E-state index contributed by atoms with van der Waals surface area (Å²) in [6, 6.07) is 20.4. The van der Waals surface area contributed by atoms with E-state index in [0.29, 0.717) is 28.5 Å². The molecular weight excluding hydrogens is 438 g/mol. The van der Waals surface area contributed by atoms with Gasteiger partial charge >= 0.3 is 0 Å². The third-order valence-corrected chi connectivity index (χ3v) is 5.47. The zero-order valence-electron chi connectivity index (χ0n) is 17.8. The Morgan fingerprint density at radius 2 is 1.76 bits per heavy atom. The van der Waals surface area contributed by atoms with Crippen LogP contribution in [0.3, 0.4) is 0 Å². The molecule has 5 aromatic rings. The number of fused-ring (bicyclic) bond motifs is 2. The number of nitrogens with one attached hydrogen (secondary N) is 2. The highest BCUT2D eigenvalue weighted by atomic mass is 32.1. The molecule has 0 saturated carbocycles. The maximum atomic E-state index is 12.8. The molecule has 0 saturated heterocycles. The number of methoxy groups -OCH3 is 1. The van der Waals surface area contributed by atoms with E-state index in [1.54, 1.807) is 19.2 Å². The van der Waals surface area contributed by atoms with E-state index in [4.69, 9.17) is 25.8 Å². The summed E-state index contributed by atoms with van der Waals surface area (Å²) in [6.45, 7) is 1.84. The van der Waals surface area contributed by atoms with Gasteiger partial charge in [-0.1, -0.05) is 30.3 Å². The van der Waals surface area contributed by atoms with E-state index in [1.807, 2.05) is 61.5 Å². The van der Waals surface area contributed by atoms with E-state index in [2.05, 4.69) is 15.6 Å². The first kappa shape index (κ1) is 20.7. The zero-order valence-corrected chi connectivity index (χ0v) is 18.7. The number of carbonyl (C=O) groups excluding carboxylic acids is 1. The molecule has 5 rings (SSSR count). The van der Waals surface area contributed by atoms with E-state index >= 15 is 0 Å². The quantitative estimate of drug-likeness (QED) is 0.335. The maximum absolute atomic E-state index is 12.8. The van der Waals surface area contributed by atoms with Gasteiger partial charge in [-0.2, -0.15) is 0 Å². The smallest absolute Gasteiger partial charge is 0.293 e. The van der Waals surface area contributed by atoms with Crippen LogP contribution in [0.25, 0.3) is 33.5 Å². The molecule has 2 aromatic heterocycles. The van der Waals surface area contributed by atoms with Crippen LogP contribution >= 0.6 is 12.2 Å². The van der Waals surface area contributed by atoms with Crippen LogP contribution in [0, 0.1) is 6.92 Å². The monoisotopic (exact) mass is 457 g/mol. The summed E-state index contributed by atoms with van der Waals surface area (Å²) < 4.78 is 17.0. The van der Waals surface area contributed by atoms with Crippen molar-refractivity contribution in [2.45, 2.75) is 6.92 Å². The van der Waals surface area contributed by atoms with Crippen molar-refractivity contribution in [3.8, 4) is 17.2 Å². The van der Waals surface area contributed by atoms with Gasteiger partial charge in [0.05, 0.1) is 12.8 Å². The molecule has 0 aliphatic heterocycles. The highest BCUT2D eigenvalue weighted by Crippen LogP contribution is 2.32. The van der Waals surface area contributed by atoms with Gasteiger partial charge in [-0.25, -0.2) is 4.98 Å². The van der Waals surface area contributed by atoms with Crippen molar-refractivity contribution in [3.63, 3.8) is 0 Å². The van der Waals surface area contributed by atoms with Crippen molar-refractivity contribution in [3.05, 3.63) is 78.1 Å². The molecule has 2 heterocycles. The molecule has 0 radical (unpaired) electrons. The fraction of sp³-hybridized carbons (Fsp3) is 0.0800. The topological polar surface area (TPSA) is 89.5 Å².